The molecular formula is C21H34. The molecule has 2 fully saturated rings. The van der Waals surface area contributed by atoms with Crippen molar-refractivity contribution in [3.8, 4) is 0 Å². The SMILES string of the molecule is CC.CCC1CCCC1c1ccccc1C1CCC1CC. The third kappa shape index (κ3) is 3.35. The summed E-state index contributed by atoms with van der Waals surface area (Å²) in [6, 6.07) is 9.41. The monoisotopic (exact) mass is 286 g/mol. The van der Waals surface area contributed by atoms with Gasteiger partial charge < -0.3 is 0 Å². The predicted octanol–water partition coefficient (Wildman–Crippen LogP) is 6.91. The van der Waals surface area contributed by atoms with E-state index in [-0.39, 0.29) is 0 Å². The number of hydrogen-bond donors (Lipinski definition) is 0. The van der Waals surface area contributed by atoms with Crippen molar-refractivity contribution in [1.82, 2.24) is 0 Å². The second kappa shape index (κ2) is 8.01. The molecule has 1 aromatic rings. The molecular weight excluding hydrogens is 252 g/mol. The summed E-state index contributed by atoms with van der Waals surface area (Å²) in [5.41, 5.74) is 3.43. The van der Waals surface area contributed by atoms with Gasteiger partial charge in [-0.1, -0.05) is 71.2 Å². The average Bonchev–Trinajstić information content (AvgIpc) is 2.98. The van der Waals surface area contributed by atoms with Crippen molar-refractivity contribution in [3.05, 3.63) is 35.4 Å². The fourth-order valence-electron chi connectivity index (χ4n) is 4.59. The first-order valence-corrected chi connectivity index (χ1v) is 9.44. The minimum Gasteiger partial charge on any atom is -0.0683 e. The molecule has 2 saturated carbocycles. The summed E-state index contributed by atoms with van der Waals surface area (Å²) >= 11 is 0. The highest BCUT2D eigenvalue weighted by Gasteiger charge is 2.35. The van der Waals surface area contributed by atoms with Gasteiger partial charge in [0.25, 0.3) is 0 Å². The molecule has 4 atom stereocenters. The Labute approximate surface area is 132 Å². The Morgan fingerprint density at radius 1 is 0.762 bits per heavy atom. The van der Waals surface area contributed by atoms with E-state index in [4.69, 9.17) is 0 Å². The quantitative estimate of drug-likeness (QED) is 0.564. The average molecular weight is 287 g/mol. The topological polar surface area (TPSA) is 0 Å². The molecule has 0 saturated heterocycles. The van der Waals surface area contributed by atoms with E-state index in [2.05, 4.69) is 38.1 Å². The predicted molar refractivity (Wildman–Crippen MR) is 93.9 cm³/mol. The van der Waals surface area contributed by atoms with Crippen molar-refractivity contribution in [3.63, 3.8) is 0 Å². The van der Waals surface area contributed by atoms with E-state index in [1.807, 2.05) is 13.8 Å². The Balaban J connectivity index is 0.000000774. The van der Waals surface area contributed by atoms with Gasteiger partial charge in [-0.15, -0.1) is 0 Å². The molecule has 118 valence electrons. The first-order valence-electron chi connectivity index (χ1n) is 9.44. The van der Waals surface area contributed by atoms with E-state index < -0.39 is 0 Å². The van der Waals surface area contributed by atoms with Gasteiger partial charge in [-0.05, 0) is 60.5 Å². The maximum absolute atomic E-state index is 2.44. The summed E-state index contributed by atoms with van der Waals surface area (Å²) in [6.07, 6.45) is 9.94. The van der Waals surface area contributed by atoms with Crippen LogP contribution in [0.25, 0.3) is 0 Å². The summed E-state index contributed by atoms with van der Waals surface area (Å²) in [7, 11) is 0. The fraction of sp³-hybridized carbons (Fsp3) is 0.714. The molecule has 0 nitrogen and oxygen atoms in total. The minimum absolute atomic E-state index is 0.860. The van der Waals surface area contributed by atoms with Gasteiger partial charge in [-0.25, -0.2) is 0 Å². The molecule has 1 aromatic carbocycles. The van der Waals surface area contributed by atoms with Crippen LogP contribution < -0.4 is 0 Å². The Kier molecular flexibility index (Phi) is 6.33. The van der Waals surface area contributed by atoms with E-state index >= 15 is 0 Å². The molecule has 2 aliphatic rings. The third-order valence-corrected chi connectivity index (χ3v) is 5.92. The van der Waals surface area contributed by atoms with E-state index in [1.54, 1.807) is 11.1 Å². The van der Waals surface area contributed by atoms with Crippen molar-refractivity contribution in [2.75, 3.05) is 0 Å². The smallest absolute Gasteiger partial charge is 0.0131 e. The van der Waals surface area contributed by atoms with Crippen LogP contribution in [-0.2, 0) is 0 Å². The minimum atomic E-state index is 0.860. The molecule has 0 bridgehead atoms. The Morgan fingerprint density at radius 2 is 1.29 bits per heavy atom. The normalized spacial score (nSPS) is 31.2. The van der Waals surface area contributed by atoms with Crippen LogP contribution in [-0.4, -0.2) is 0 Å². The summed E-state index contributed by atoms with van der Waals surface area (Å²) in [5.74, 6) is 3.64. The van der Waals surface area contributed by atoms with Crippen LogP contribution in [0.2, 0.25) is 0 Å². The lowest BCUT2D eigenvalue weighted by Gasteiger charge is -2.39. The molecule has 0 heterocycles. The van der Waals surface area contributed by atoms with Crippen molar-refractivity contribution in [1.29, 1.82) is 0 Å². The van der Waals surface area contributed by atoms with Gasteiger partial charge in [-0.2, -0.15) is 0 Å². The molecule has 0 radical (unpaired) electrons. The Morgan fingerprint density at radius 3 is 1.76 bits per heavy atom. The highest BCUT2D eigenvalue weighted by atomic mass is 14.4. The van der Waals surface area contributed by atoms with Crippen molar-refractivity contribution in [2.24, 2.45) is 11.8 Å². The van der Waals surface area contributed by atoms with Gasteiger partial charge in [0, 0.05) is 0 Å². The lowest BCUT2D eigenvalue weighted by Crippen LogP contribution is -2.25. The van der Waals surface area contributed by atoms with Crippen LogP contribution in [0.4, 0.5) is 0 Å². The van der Waals surface area contributed by atoms with Crippen LogP contribution in [0.15, 0.2) is 24.3 Å². The molecule has 0 heteroatoms. The lowest BCUT2D eigenvalue weighted by molar-refractivity contribution is 0.245. The zero-order chi connectivity index (χ0) is 15.2. The number of benzene rings is 1. The van der Waals surface area contributed by atoms with Gasteiger partial charge in [0.1, 0.15) is 0 Å². The Hall–Kier alpha value is -0.780. The largest absolute Gasteiger partial charge is 0.0683 e. The molecule has 2 aliphatic carbocycles. The van der Waals surface area contributed by atoms with Gasteiger partial charge in [0.2, 0.25) is 0 Å². The second-order valence-electron chi connectivity index (χ2n) is 6.69. The standard InChI is InChI=1S/C19H28.C2H6/c1-3-14-8-7-11-16(14)18-9-5-6-10-19(18)17-13-12-15(17)4-2;1-2/h5-6,9-10,14-17H,3-4,7-8,11-13H2,1-2H3;1-2H3. The molecule has 0 N–H and O–H groups in total. The van der Waals surface area contributed by atoms with Crippen LogP contribution in [0.1, 0.15) is 95.6 Å². The lowest BCUT2D eigenvalue weighted by atomic mass is 9.66. The summed E-state index contributed by atoms with van der Waals surface area (Å²) in [5, 5.41) is 0. The van der Waals surface area contributed by atoms with Gasteiger partial charge >= 0.3 is 0 Å². The molecule has 0 spiro atoms. The van der Waals surface area contributed by atoms with Crippen LogP contribution in [0.3, 0.4) is 0 Å². The summed E-state index contributed by atoms with van der Waals surface area (Å²) in [4.78, 5) is 0. The number of rotatable bonds is 4. The first-order chi connectivity index (χ1) is 10.3. The van der Waals surface area contributed by atoms with Gasteiger partial charge in [0.05, 0.1) is 0 Å². The zero-order valence-corrected chi connectivity index (χ0v) is 14.6. The maximum Gasteiger partial charge on any atom is -0.0131 e. The molecule has 0 aromatic heterocycles. The maximum atomic E-state index is 2.44. The van der Waals surface area contributed by atoms with E-state index in [1.165, 1.54) is 44.9 Å². The summed E-state index contributed by atoms with van der Waals surface area (Å²) < 4.78 is 0. The van der Waals surface area contributed by atoms with E-state index in [0.717, 1.165) is 23.7 Å². The summed E-state index contributed by atoms with van der Waals surface area (Å²) in [6.45, 7) is 8.74. The highest BCUT2D eigenvalue weighted by Crippen LogP contribution is 2.49. The van der Waals surface area contributed by atoms with Crippen molar-refractivity contribution < 1.29 is 0 Å². The van der Waals surface area contributed by atoms with Crippen LogP contribution in [0, 0.1) is 11.8 Å². The molecule has 21 heavy (non-hydrogen) atoms. The van der Waals surface area contributed by atoms with Gasteiger partial charge in [-0.3, -0.25) is 0 Å². The highest BCUT2D eigenvalue weighted by molar-refractivity contribution is 5.36. The zero-order valence-electron chi connectivity index (χ0n) is 14.6. The molecule has 0 aliphatic heterocycles. The van der Waals surface area contributed by atoms with E-state index in [9.17, 15) is 0 Å². The molecule has 3 rings (SSSR count). The second-order valence-corrected chi connectivity index (χ2v) is 6.69. The molecule has 4 unspecified atom stereocenters. The van der Waals surface area contributed by atoms with Crippen molar-refractivity contribution in [2.45, 2.75) is 84.5 Å². The van der Waals surface area contributed by atoms with Crippen LogP contribution >= 0.6 is 0 Å². The molecule has 0 amide bonds. The first kappa shape index (κ1) is 16.6. The van der Waals surface area contributed by atoms with Crippen LogP contribution in [0.5, 0.6) is 0 Å². The number of hydrogen-bond acceptors (Lipinski definition) is 0. The third-order valence-electron chi connectivity index (χ3n) is 5.92. The Bertz CT molecular complexity index is 418. The van der Waals surface area contributed by atoms with E-state index in [0.29, 0.717) is 0 Å². The van der Waals surface area contributed by atoms with Gasteiger partial charge in [0.15, 0.2) is 0 Å². The van der Waals surface area contributed by atoms with Crippen molar-refractivity contribution >= 4 is 0 Å². The fourth-order valence-corrected chi connectivity index (χ4v) is 4.59.